The average molecular weight is 355 g/mol. The summed E-state index contributed by atoms with van der Waals surface area (Å²) in [5.74, 6) is 0. The molecule has 0 bridgehead atoms. The monoisotopic (exact) mass is 354 g/mol. The van der Waals surface area contributed by atoms with E-state index in [1.165, 1.54) is 24.6 Å². The molecule has 0 aliphatic heterocycles. The number of hydrogen-bond acceptors (Lipinski definition) is 5. The number of halogens is 1. The van der Waals surface area contributed by atoms with Crippen molar-refractivity contribution in [2.45, 2.75) is 48.4 Å². The van der Waals surface area contributed by atoms with E-state index in [1.54, 1.807) is 0 Å². The molecule has 1 aromatic carbocycles. The Morgan fingerprint density at radius 1 is 1.35 bits per heavy atom. The molecule has 1 saturated carbocycles. The molecule has 0 atom stereocenters. The van der Waals surface area contributed by atoms with E-state index in [2.05, 4.69) is 31.5 Å². The largest absolute Gasteiger partial charge is 0.392 e. The van der Waals surface area contributed by atoms with E-state index in [4.69, 9.17) is 0 Å². The molecule has 7 heteroatoms. The Hall–Kier alpha value is -0.920. The van der Waals surface area contributed by atoms with Crippen LogP contribution in [0.25, 0.3) is 0 Å². The molecule has 1 aromatic heterocycles. The second-order valence-electron chi connectivity index (χ2n) is 4.86. The zero-order valence-electron chi connectivity index (χ0n) is 10.9. The van der Waals surface area contributed by atoms with Gasteiger partial charge in [-0.05, 0) is 52.7 Å². The van der Waals surface area contributed by atoms with Gasteiger partial charge in [-0.2, -0.15) is 0 Å². The normalized spacial score (nSPS) is 15.9. The fourth-order valence-corrected chi connectivity index (χ4v) is 4.00. The summed E-state index contributed by atoms with van der Waals surface area (Å²) in [5.41, 5.74) is 0.888. The first-order valence-electron chi connectivity index (χ1n) is 6.63. The van der Waals surface area contributed by atoms with Crippen LogP contribution in [0.3, 0.4) is 0 Å². The minimum atomic E-state index is 0.0145. The maximum atomic E-state index is 9.43. The van der Waals surface area contributed by atoms with Crippen molar-refractivity contribution in [2.24, 2.45) is 0 Å². The third-order valence-electron chi connectivity index (χ3n) is 3.53. The van der Waals surface area contributed by atoms with Gasteiger partial charge in [0.25, 0.3) is 0 Å². The van der Waals surface area contributed by atoms with Crippen molar-refractivity contribution in [1.82, 2.24) is 20.2 Å². The van der Waals surface area contributed by atoms with Crippen LogP contribution < -0.4 is 0 Å². The first-order valence-corrected chi connectivity index (χ1v) is 8.24. The summed E-state index contributed by atoms with van der Waals surface area (Å²) in [5, 5.41) is 22.3. The molecule has 1 aliphatic rings. The van der Waals surface area contributed by atoms with Gasteiger partial charge >= 0.3 is 0 Å². The highest BCUT2D eigenvalue weighted by Crippen LogP contribution is 2.35. The van der Waals surface area contributed by atoms with Crippen molar-refractivity contribution in [3.63, 3.8) is 0 Å². The fraction of sp³-hybridized carbons (Fsp3) is 0.462. The number of tetrazole rings is 1. The van der Waals surface area contributed by atoms with Gasteiger partial charge in [0.2, 0.25) is 5.16 Å². The predicted octanol–water partition coefficient (Wildman–Crippen LogP) is 3.19. The number of aromatic nitrogens is 4. The SMILES string of the molecule is OCc1ccc(Br)cc1Sc1nnnn1C1CCCC1. The van der Waals surface area contributed by atoms with Crippen molar-refractivity contribution in [1.29, 1.82) is 0 Å². The van der Waals surface area contributed by atoms with E-state index < -0.39 is 0 Å². The van der Waals surface area contributed by atoms with Crippen LogP contribution in [-0.4, -0.2) is 25.3 Å². The molecule has 1 aliphatic carbocycles. The highest BCUT2D eigenvalue weighted by atomic mass is 79.9. The molecule has 5 nitrogen and oxygen atoms in total. The number of hydrogen-bond donors (Lipinski definition) is 1. The van der Waals surface area contributed by atoms with Crippen molar-refractivity contribution in [3.05, 3.63) is 28.2 Å². The van der Waals surface area contributed by atoms with Gasteiger partial charge in [0.1, 0.15) is 0 Å². The van der Waals surface area contributed by atoms with Crippen LogP contribution in [0.5, 0.6) is 0 Å². The number of aliphatic hydroxyl groups excluding tert-OH is 1. The lowest BCUT2D eigenvalue weighted by Gasteiger charge is -2.12. The van der Waals surface area contributed by atoms with E-state index in [9.17, 15) is 5.11 Å². The van der Waals surface area contributed by atoms with Gasteiger partial charge in [-0.3, -0.25) is 0 Å². The minimum Gasteiger partial charge on any atom is -0.392 e. The van der Waals surface area contributed by atoms with Gasteiger partial charge in [0, 0.05) is 9.37 Å². The lowest BCUT2D eigenvalue weighted by atomic mass is 10.2. The zero-order valence-corrected chi connectivity index (χ0v) is 13.3. The van der Waals surface area contributed by atoms with Crippen LogP contribution >= 0.6 is 27.7 Å². The minimum absolute atomic E-state index is 0.0145. The topological polar surface area (TPSA) is 63.8 Å². The maximum absolute atomic E-state index is 9.43. The summed E-state index contributed by atoms with van der Waals surface area (Å²) in [7, 11) is 0. The lowest BCUT2D eigenvalue weighted by molar-refractivity contribution is 0.279. The molecule has 1 fully saturated rings. The molecular formula is C13H15BrN4OS. The smallest absolute Gasteiger partial charge is 0.214 e. The molecule has 3 rings (SSSR count). The van der Waals surface area contributed by atoms with E-state index in [1.807, 2.05) is 22.9 Å². The second-order valence-corrected chi connectivity index (χ2v) is 6.78. The quantitative estimate of drug-likeness (QED) is 0.913. The second kappa shape index (κ2) is 6.24. The van der Waals surface area contributed by atoms with Crippen LogP contribution in [0.2, 0.25) is 0 Å². The Kier molecular flexibility index (Phi) is 4.38. The van der Waals surface area contributed by atoms with Crippen molar-refractivity contribution < 1.29 is 5.11 Å². The van der Waals surface area contributed by atoms with Gasteiger partial charge in [-0.1, -0.05) is 34.8 Å². The van der Waals surface area contributed by atoms with E-state index >= 15 is 0 Å². The average Bonchev–Trinajstić information content (AvgIpc) is 3.09. The Morgan fingerprint density at radius 3 is 2.90 bits per heavy atom. The zero-order chi connectivity index (χ0) is 13.9. The van der Waals surface area contributed by atoms with Crippen LogP contribution in [-0.2, 0) is 6.61 Å². The molecule has 106 valence electrons. The summed E-state index contributed by atoms with van der Waals surface area (Å²) in [6.45, 7) is 0.0145. The predicted molar refractivity (Wildman–Crippen MR) is 79.5 cm³/mol. The van der Waals surface area contributed by atoms with Crippen LogP contribution in [0, 0.1) is 0 Å². The molecule has 0 amide bonds. The summed E-state index contributed by atoms with van der Waals surface area (Å²) >= 11 is 4.97. The first-order chi connectivity index (χ1) is 9.78. The third-order valence-corrected chi connectivity index (χ3v) is 5.08. The Bertz CT molecular complexity index is 598. The molecule has 0 saturated heterocycles. The highest BCUT2D eigenvalue weighted by Gasteiger charge is 2.22. The molecule has 20 heavy (non-hydrogen) atoms. The summed E-state index contributed by atoms with van der Waals surface area (Å²) in [4.78, 5) is 0.982. The van der Waals surface area contributed by atoms with Gasteiger partial charge in [0.15, 0.2) is 0 Å². The number of aliphatic hydroxyl groups is 1. The van der Waals surface area contributed by atoms with Crippen molar-refractivity contribution in [2.75, 3.05) is 0 Å². The Balaban J connectivity index is 1.88. The van der Waals surface area contributed by atoms with Crippen LogP contribution in [0.1, 0.15) is 37.3 Å². The Labute approximate surface area is 129 Å². The van der Waals surface area contributed by atoms with Crippen LogP contribution in [0.4, 0.5) is 0 Å². The van der Waals surface area contributed by atoms with E-state index in [0.717, 1.165) is 32.9 Å². The molecule has 0 radical (unpaired) electrons. The standard InChI is InChI=1S/C13H15BrN4OS/c14-10-6-5-9(8-19)12(7-10)20-13-15-16-17-18(13)11-3-1-2-4-11/h5-7,11,19H,1-4,8H2. The van der Waals surface area contributed by atoms with Gasteiger partial charge in [-0.25, -0.2) is 4.68 Å². The van der Waals surface area contributed by atoms with Gasteiger partial charge < -0.3 is 5.11 Å². The van der Waals surface area contributed by atoms with E-state index in [-0.39, 0.29) is 6.61 Å². The highest BCUT2D eigenvalue weighted by molar-refractivity contribution is 9.10. The van der Waals surface area contributed by atoms with Gasteiger partial charge in [-0.15, -0.1) is 5.10 Å². The Morgan fingerprint density at radius 2 is 2.15 bits per heavy atom. The maximum Gasteiger partial charge on any atom is 0.214 e. The van der Waals surface area contributed by atoms with Gasteiger partial charge in [0.05, 0.1) is 12.6 Å². The summed E-state index contributed by atoms with van der Waals surface area (Å²) in [6.07, 6.45) is 4.77. The summed E-state index contributed by atoms with van der Waals surface area (Å²) < 4.78 is 2.91. The lowest BCUT2D eigenvalue weighted by Crippen LogP contribution is -2.08. The van der Waals surface area contributed by atoms with Crippen molar-refractivity contribution in [3.8, 4) is 0 Å². The molecule has 0 spiro atoms. The molecule has 1 N–H and O–H groups in total. The first kappa shape index (κ1) is 14.0. The summed E-state index contributed by atoms with van der Waals surface area (Å²) in [6, 6.07) is 6.24. The molecule has 1 heterocycles. The van der Waals surface area contributed by atoms with Crippen LogP contribution in [0.15, 0.2) is 32.7 Å². The van der Waals surface area contributed by atoms with E-state index in [0.29, 0.717) is 6.04 Å². The molecular weight excluding hydrogens is 340 g/mol. The number of nitrogens with zero attached hydrogens (tertiary/aromatic N) is 4. The molecule has 0 unspecified atom stereocenters. The number of benzene rings is 1. The molecule has 2 aromatic rings. The fourth-order valence-electron chi connectivity index (χ4n) is 2.48. The number of rotatable bonds is 4. The van der Waals surface area contributed by atoms with Crippen molar-refractivity contribution >= 4 is 27.7 Å². The third kappa shape index (κ3) is 2.89.